The molecule has 2 aromatic rings. The number of halogens is 2. The molecule has 24 heavy (non-hydrogen) atoms. The summed E-state index contributed by atoms with van der Waals surface area (Å²) in [5.41, 5.74) is 0.957. The van der Waals surface area contributed by atoms with E-state index >= 15 is 0 Å². The Bertz CT molecular complexity index is 714. The Morgan fingerprint density at radius 1 is 1.25 bits per heavy atom. The Morgan fingerprint density at radius 2 is 2.04 bits per heavy atom. The molecule has 1 fully saturated rings. The van der Waals surface area contributed by atoms with Gasteiger partial charge in [-0.15, -0.1) is 11.3 Å². The molecule has 0 radical (unpaired) electrons. The molecule has 3 rings (SSSR count). The minimum Gasteiger partial charge on any atom is -0.301 e. The van der Waals surface area contributed by atoms with Crippen molar-refractivity contribution in [3.8, 4) is 0 Å². The highest BCUT2D eigenvalue weighted by Gasteiger charge is 2.15. The Balaban J connectivity index is 1.57. The lowest BCUT2D eigenvalue weighted by Gasteiger charge is -2.25. The molecule has 0 atom stereocenters. The van der Waals surface area contributed by atoms with E-state index in [4.69, 9.17) is 23.2 Å². The number of rotatable bonds is 5. The molecule has 1 aromatic carbocycles. The predicted molar refractivity (Wildman–Crippen MR) is 100 cm³/mol. The van der Waals surface area contributed by atoms with Gasteiger partial charge in [-0.05, 0) is 37.6 Å². The maximum absolute atomic E-state index is 12.1. The van der Waals surface area contributed by atoms with Crippen molar-refractivity contribution < 1.29 is 4.79 Å². The fourth-order valence-corrected chi connectivity index (χ4v) is 4.04. The number of aromatic nitrogens is 1. The number of likely N-dealkylation sites (tertiary alicyclic amines) is 1. The molecule has 0 unspecified atom stereocenters. The van der Waals surface area contributed by atoms with Crippen LogP contribution in [0.4, 0.5) is 5.13 Å². The molecule has 1 aliphatic heterocycles. The Hall–Kier alpha value is -1.14. The first-order valence-corrected chi connectivity index (χ1v) is 9.59. The number of piperidine rings is 1. The standard InChI is InChI=1S/C17H19Cl2N3OS/c18-14-6-4-5-12(16(14)19)9-13-10-20-17(24-13)21-15(23)11-22-7-2-1-3-8-22/h4-6,10H,1-3,7-9,11H2,(H,20,21,23). The summed E-state index contributed by atoms with van der Waals surface area (Å²) in [6.45, 7) is 2.45. The Kier molecular flexibility index (Phi) is 6.11. The van der Waals surface area contributed by atoms with E-state index in [1.165, 1.54) is 30.6 Å². The van der Waals surface area contributed by atoms with Gasteiger partial charge >= 0.3 is 0 Å². The van der Waals surface area contributed by atoms with Gasteiger partial charge in [0.25, 0.3) is 0 Å². The second-order valence-electron chi connectivity index (χ2n) is 5.91. The van der Waals surface area contributed by atoms with Crippen molar-refractivity contribution in [2.75, 3.05) is 25.0 Å². The van der Waals surface area contributed by atoms with Gasteiger partial charge in [0.1, 0.15) is 0 Å². The van der Waals surface area contributed by atoms with E-state index in [0.29, 0.717) is 28.1 Å². The highest BCUT2D eigenvalue weighted by molar-refractivity contribution is 7.15. The highest BCUT2D eigenvalue weighted by atomic mass is 35.5. The van der Waals surface area contributed by atoms with Crippen LogP contribution in [0.15, 0.2) is 24.4 Å². The number of nitrogens with zero attached hydrogens (tertiary/aromatic N) is 2. The first-order chi connectivity index (χ1) is 11.6. The average molecular weight is 384 g/mol. The van der Waals surface area contributed by atoms with E-state index in [1.807, 2.05) is 12.1 Å². The lowest BCUT2D eigenvalue weighted by Crippen LogP contribution is -2.36. The summed E-state index contributed by atoms with van der Waals surface area (Å²) in [5, 5.41) is 4.64. The summed E-state index contributed by atoms with van der Waals surface area (Å²) >= 11 is 13.7. The monoisotopic (exact) mass is 383 g/mol. The molecule has 128 valence electrons. The van der Waals surface area contributed by atoms with E-state index < -0.39 is 0 Å². The minimum atomic E-state index is -0.00131. The summed E-state index contributed by atoms with van der Waals surface area (Å²) < 4.78 is 0. The number of hydrogen-bond acceptors (Lipinski definition) is 4. The predicted octanol–water partition coefficient (Wildman–Crippen LogP) is 4.47. The summed E-state index contributed by atoms with van der Waals surface area (Å²) in [7, 11) is 0. The SMILES string of the molecule is O=C(CN1CCCCC1)Nc1ncc(Cc2cccc(Cl)c2Cl)s1. The fraction of sp³-hybridized carbons (Fsp3) is 0.412. The zero-order chi connectivity index (χ0) is 16.9. The van der Waals surface area contributed by atoms with Crippen molar-refractivity contribution in [2.45, 2.75) is 25.7 Å². The number of benzene rings is 1. The lowest BCUT2D eigenvalue weighted by atomic mass is 10.1. The van der Waals surface area contributed by atoms with Crippen LogP contribution in [0, 0.1) is 0 Å². The van der Waals surface area contributed by atoms with E-state index in [0.717, 1.165) is 23.5 Å². The molecule has 4 nitrogen and oxygen atoms in total. The van der Waals surface area contributed by atoms with Crippen LogP contribution < -0.4 is 5.32 Å². The third kappa shape index (κ3) is 4.70. The van der Waals surface area contributed by atoms with Crippen molar-refractivity contribution in [3.05, 3.63) is 44.9 Å². The molecule has 1 saturated heterocycles. The van der Waals surface area contributed by atoms with Crippen LogP contribution in [0.3, 0.4) is 0 Å². The van der Waals surface area contributed by atoms with Gasteiger partial charge in [-0.2, -0.15) is 0 Å². The smallest absolute Gasteiger partial charge is 0.240 e. The van der Waals surface area contributed by atoms with Gasteiger partial charge in [0.15, 0.2) is 5.13 Å². The average Bonchev–Trinajstić information content (AvgIpc) is 2.99. The zero-order valence-corrected chi connectivity index (χ0v) is 15.6. The number of anilines is 1. The van der Waals surface area contributed by atoms with Gasteiger partial charge < -0.3 is 5.32 Å². The molecule has 0 saturated carbocycles. The number of hydrogen-bond donors (Lipinski definition) is 1. The number of carbonyl (C=O) groups is 1. The van der Waals surface area contributed by atoms with Gasteiger partial charge in [-0.3, -0.25) is 9.69 Å². The van der Waals surface area contributed by atoms with E-state index in [9.17, 15) is 4.79 Å². The minimum absolute atomic E-state index is 0.00131. The maximum Gasteiger partial charge on any atom is 0.240 e. The summed E-state index contributed by atoms with van der Waals surface area (Å²) in [5.74, 6) is -0.00131. The molecular weight excluding hydrogens is 365 g/mol. The summed E-state index contributed by atoms with van der Waals surface area (Å²) in [4.78, 5) is 19.6. The lowest BCUT2D eigenvalue weighted by molar-refractivity contribution is -0.117. The number of thiazole rings is 1. The third-order valence-electron chi connectivity index (χ3n) is 4.01. The van der Waals surface area contributed by atoms with Crippen molar-refractivity contribution in [3.63, 3.8) is 0 Å². The van der Waals surface area contributed by atoms with Crippen LogP contribution in [0.25, 0.3) is 0 Å². The van der Waals surface area contributed by atoms with Gasteiger partial charge in [-0.1, -0.05) is 41.8 Å². The van der Waals surface area contributed by atoms with Crippen molar-refractivity contribution in [1.29, 1.82) is 0 Å². The quantitative estimate of drug-likeness (QED) is 0.828. The molecule has 0 aliphatic carbocycles. The Morgan fingerprint density at radius 3 is 2.83 bits per heavy atom. The third-order valence-corrected chi connectivity index (χ3v) is 5.78. The molecule has 1 N–H and O–H groups in total. The van der Waals surface area contributed by atoms with Crippen molar-refractivity contribution >= 4 is 45.6 Å². The van der Waals surface area contributed by atoms with Gasteiger partial charge in [-0.25, -0.2) is 4.98 Å². The van der Waals surface area contributed by atoms with Crippen LogP contribution in [-0.4, -0.2) is 35.4 Å². The van der Waals surface area contributed by atoms with E-state index in [1.54, 1.807) is 12.3 Å². The largest absolute Gasteiger partial charge is 0.301 e. The fourth-order valence-electron chi connectivity index (χ4n) is 2.80. The molecular formula is C17H19Cl2N3OS. The molecule has 1 aromatic heterocycles. The number of carbonyl (C=O) groups excluding carboxylic acids is 1. The van der Waals surface area contributed by atoms with Crippen LogP contribution >= 0.6 is 34.5 Å². The summed E-state index contributed by atoms with van der Waals surface area (Å²) in [6, 6.07) is 5.60. The molecule has 2 heterocycles. The summed E-state index contributed by atoms with van der Waals surface area (Å²) in [6.07, 6.45) is 6.04. The van der Waals surface area contributed by atoms with Gasteiger partial charge in [0.05, 0.1) is 16.6 Å². The second-order valence-corrected chi connectivity index (χ2v) is 7.81. The first kappa shape index (κ1) is 17.7. The number of amides is 1. The molecule has 0 spiro atoms. The Labute approximate surface area is 155 Å². The van der Waals surface area contributed by atoms with Gasteiger partial charge in [0.2, 0.25) is 5.91 Å². The maximum atomic E-state index is 12.1. The van der Waals surface area contributed by atoms with Crippen molar-refractivity contribution in [1.82, 2.24) is 9.88 Å². The van der Waals surface area contributed by atoms with Crippen LogP contribution in [0.2, 0.25) is 10.0 Å². The van der Waals surface area contributed by atoms with E-state index in [-0.39, 0.29) is 5.91 Å². The molecule has 7 heteroatoms. The number of nitrogens with one attached hydrogen (secondary N) is 1. The second kappa shape index (κ2) is 8.30. The topological polar surface area (TPSA) is 45.2 Å². The van der Waals surface area contributed by atoms with Crippen molar-refractivity contribution in [2.24, 2.45) is 0 Å². The van der Waals surface area contributed by atoms with Crippen LogP contribution in [0.1, 0.15) is 29.7 Å². The van der Waals surface area contributed by atoms with Crippen LogP contribution in [-0.2, 0) is 11.2 Å². The zero-order valence-electron chi connectivity index (χ0n) is 13.2. The highest BCUT2D eigenvalue weighted by Crippen LogP contribution is 2.29. The first-order valence-electron chi connectivity index (χ1n) is 8.01. The molecule has 1 aliphatic rings. The van der Waals surface area contributed by atoms with Crippen LogP contribution in [0.5, 0.6) is 0 Å². The van der Waals surface area contributed by atoms with E-state index in [2.05, 4.69) is 15.2 Å². The molecule has 1 amide bonds. The molecule has 0 bridgehead atoms. The van der Waals surface area contributed by atoms with Gasteiger partial charge in [0, 0.05) is 17.5 Å². The normalized spacial score (nSPS) is 15.4.